The molecule has 2 unspecified atom stereocenters. The molecule has 4 heteroatoms. The lowest BCUT2D eigenvalue weighted by molar-refractivity contribution is 0.566. The van der Waals surface area contributed by atoms with Crippen LogP contribution in [0.5, 0.6) is 11.5 Å². The minimum atomic E-state index is 0.132. The van der Waals surface area contributed by atoms with Crippen LogP contribution in [0.2, 0.25) is 0 Å². The third-order valence-corrected chi connectivity index (χ3v) is 9.13. The molecular formula is C30H36O2P2. The fourth-order valence-corrected chi connectivity index (χ4v) is 5.12. The van der Waals surface area contributed by atoms with Crippen LogP contribution in [0.1, 0.15) is 54.4 Å². The summed E-state index contributed by atoms with van der Waals surface area (Å²) in [6, 6.07) is 25.8. The van der Waals surface area contributed by atoms with Gasteiger partial charge in [0.25, 0.3) is 0 Å². The van der Waals surface area contributed by atoms with Crippen molar-refractivity contribution < 1.29 is 9.05 Å². The largest absolute Gasteiger partial charge is 0.476 e. The Hall–Kier alpha value is -2.14. The number of benzene rings is 4. The van der Waals surface area contributed by atoms with Crippen molar-refractivity contribution in [3.8, 4) is 22.6 Å². The van der Waals surface area contributed by atoms with Gasteiger partial charge in [-0.1, -0.05) is 102 Å². The number of hydrogen-bond donors (Lipinski definition) is 0. The van der Waals surface area contributed by atoms with E-state index in [2.05, 4.69) is 114 Å². The average Bonchev–Trinajstić information content (AvgIpc) is 2.85. The van der Waals surface area contributed by atoms with Crippen LogP contribution in [0, 0.1) is 0 Å². The van der Waals surface area contributed by atoms with E-state index in [1.54, 1.807) is 0 Å². The maximum atomic E-state index is 6.60. The molecule has 2 atom stereocenters. The van der Waals surface area contributed by atoms with Crippen LogP contribution in [-0.4, -0.2) is 10.3 Å². The Balaban J connectivity index is 1.96. The van der Waals surface area contributed by atoms with Crippen molar-refractivity contribution in [2.75, 3.05) is 0 Å². The van der Waals surface area contributed by atoms with Crippen LogP contribution in [0.3, 0.4) is 0 Å². The van der Waals surface area contributed by atoms with Crippen molar-refractivity contribution >= 4 is 39.2 Å². The molecule has 0 aliphatic carbocycles. The molecule has 0 aliphatic heterocycles. The maximum Gasteiger partial charge on any atom is 0.131 e. The van der Waals surface area contributed by atoms with Gasteiger partial charge in [0, 0.05) is 21.4 Å². The molecule has 0 N–H and O–H groups in total. The molecule has 4 rings (SSSR count). The van der Waals surface area contributed by atoms with E-state index < -0.39 is 0 Å². The Morgan fingerprint density at radius 1 is 0.559 bits per heavy atom. The van der Waals surface area contributed by atoms with E-state index >= 15 is 0 Å². The zero-order valence-electron chi connectivity index (χ0n) is 21.2. The molecule has 34 heavy (non-hydrogen) atoms. The molecule has 0 aliphatic rings. The molecule has 0 saturated carbocycles. The van der Waals surface area contributed by atoms with Crippen LogP contribution in [0.15, 0.2) is 72.8 Å². The topological polar surface area (TPSA) is 18.5 Å². The van der Waals surface area contributed by atoms with Gasteiger partial charge in [-0.25, -0.2) is 0 Å². The molecule has 0 radical (unpaired) electrons. The van der Waals surface area contributed by atoms with E-state index in [4.69, 9.17) is 9.05 Å². The molecule has 0 amide bonds. The lowest BCUT2D eigenvalue weighted by Crippen LogP contribution is -2.12. The van der Waals surface area contributed by atoms with Gasteiger partial charge in [0.2, 0.25) is 0 Å². The van der Waals surface area contributed by atoms with Crippen molar-refractivity contribution in [1.82, 2.24) is 0 Å². The third-order valence-electron chi connectivity index (χ3n) is 6.67. The van der Waals surface area contributed by atoms with Crippen molar-refractivity contribution in [3.63, 3.8) is 0 Å². The molecule has 178 valence electrons. The summed E-state index contributed by atoms with van der Waals surface area (Å²) in [5, 5.41) is 5.06. The van der Waals surface area contributed by atoms with Gasteiger partial charge in [-0.15, -0.1) is 0 Å². The zero-order chi connectivity index (χ0) is 24.3. The van der Waals surface area contributed by atoms with E-state index in [1.807, 2.05) is 0 Å². The van der Waals surface area contributed by atoms with Gasteiger partial charge >= 0.3 is 0 Å². The van der Waals surface area contributed by atoms with Crippen LogP contribution in [0.25, 0.3) is 32.7 Å². The summed E-state index contributed by atoms with van der Waals surface area (Å²) >= 11 is 0. The van der Waals surface area contributed by atoms with Crippen LogP contribution in [0.4, 0.5) is 0 Å². The Bertz CT molecular complexity index is 1190. The number of rotatable bonds is 9. The molecule has 0 aromatic heterocycles. The smallest absolute Gasteiger partial charge is 0.131 e. The highest BCUT2D eigenvalue weighted by molar-refractivity contribution is 7.35. The third kappa shape index (κ3) is 5.40. The molecule has 0 heterocycles. The average molecular weight is 491 g/mol. The molecule has 0 saturated heterocycles. The summed E-state index contributed by atoms with van der Waals surface area (Å²) < 4.78 is 13.2. The Kier molecular flexibility index (Phi) is 7.51. The van der Waals surface area contributed by atoms with Gasteiger partial charge in [0.15, 0.2) is 0 Å². The molecule has 4 aromatic rings. The standard InChI is InChI=1S/C30H36O2P2/c1-7-29(3,4)33-31-25-19-17-21-13-9-11-15-23(21)27(25)28-24-16-12-10-14-22(24)18-20-26(28)32-34-30(5,6)8-2/h9-20,33-34H,7-8H2,1-6H3. The SMILES string of the molecule is CCC(C)(C)POc1ccc2ccccc2c1-c1c(OPC(C)(C)CC)ccc2ccccc12. The highest BCUT2D eigenvalue weighted by atomic mass is 31.1. The maximum absolute atomic E-state index is 6.60. The van der Waals surface area contributed by atoms with Crippen molar-refractivity contribution in [2.24, 2.45) is 0 Å². The first-order valence-electron chi connectivity index (χ1n) is 12.2. The molecule has 0 fully saturated rings. The summed E-state index contributed by atoms with van der Waals surface area (Å²) in [4.78, 5) is 0. The molecular weight excluding hydrogens is 454 g/mol. The van der Waals surface area contributed by atoms with Gasteiger partial charge in [-0.3, -0.25) is 0 Å². The Morgan fingerprint density at radius 2 is 0.941 bits per heavy atom. The van der Waals surface area contributed by atoms with E-state index in [1.165, 1.54) is 21.5 Å². The first kappa shape index (κ1) is 25.0. The molecule has 0 spiro atoms. The minimum Gasteiger partial charge on any atom is -0.476 e. The van der Waals surface area contributed by atoms with E-state index in [9.17, 15) is 0 Å². The summed E-state index contributed by atoms with van der Waals surface area (Å²) in [5.41, 5.74) is 2.26. The Morgan fingerprint density at radius 3 is 1.32 bits per heavy atom. The molecule has 4 aromatic carbocycles. The predicted molar refractivity (Wildman–Crippen MR) is 154 cm³/mol. The van der Waals surface area contributed by atoms with Gasteiger partial charge in [-0.05, 0) is 46.5 Å². The van der Waals surface area contributed by atoms with Crippen LogP contribution >= 0.6 is 17.6 Å². The van der Waals surface area contributed by atoms with E-state index in [-0.39, 0.29) is 10.3 Å². The zero-order valence-corrected chi connectivity index (χ0v) is 23.2. The number of hydrogen-bond acceptors (Lipinski definition) is 2. The summed E-state index contributed by atoms with van der Waals surface area (Å²) in [6.07, 6.45) is 2.15. The lowest BCUT2D eigenvalue weighted by atomic mass is 9.92. The van der Waals surface area contributed by atoms with Gasteiger partial charge in [0.05, 0.1) is 17.6 Å². The lowest BCUT2D eigenvalue weighted by Gasteiger charge is -2.26. The normalized spacial score (nSPS) is 13.0. The minimum absolute atomic E-state index is 0.132. The second-order valence-corrected chi connectivity index (χ2v) is 13.7. The fourth-order valence-electron chi connectivity index (χ4n) is 3.72. The quantitative estimate of drug-likeness (QED) is 0.217. The highest BCUT2D eigenvalue weighted by Gasteiger charge is 2.23. The second-order valence-electron chi connectivity index (χ2n) is 10.2. The first-order valence-corrected chi connectivity index (χ1v) is 14.0. The predicted octanol–water partition coefficient (Wildman–Crippen LogP) is 9.98. The van der Waals surface area contributed by atoms with Gasteiger partial charge in [-0.2, -0.15) is 0 Å². The van der Waals surface area contributed by atoms with Gasteiger partial charge < -0.3 is 9.05 Å². The van der Waals surface area contributed by atoms with Crippen molar-refractivity contribution in [1.29, 1.82) is 0 Å². The van der Waals surface area contributed by atoms with Crippen LogP contribution < -0.4 is 9.05 Å². The highest BCUT2D eigenvalue weighted by Crippen LogP contribution is 2.50. The molecule has 2 nitrogen and oxygen atoms in total. The van der Waals surface area contributed by atoms with Crippen molar-refractivity contribution in [2.45, 2.75) is 64.7 Å². The van der Waals surface area contributed by atoms with Gasteiger partial charge in [0.1, 0.15) is 11.5 Å². The summed E-state index contributed by atoms with van der Waals surface area (Å²) in [7, 11) is 0.750. The Labute approximate surface area is 208 Å². The monoisotopic (exact) mass is 490 g/mol. The van der Waals surface area contributed by atoms with Crippen molar-refractivity contribution in [3.05, 3.63) is 72.8 Å². The summed E-state index contributed by atoms with van der Waals surface area (Å²) in [6.45, 7) is 13.5. The number of fused-ring (bicyclic) bond motifs is 2. The van der Waals surface area contributed by atoms with E-state index in [0.717, 1.165) is 35.5 Å². The van der Waals surface area contributed by atoms with E-state index in [0.29, 0.717) is 17.6 Å². The first-order chi connectivity index (χ1) is 16.2. The van der Waals surface area contributed by atoms with Crippen LogP contribution in [-0.2, 0) is 0 Å². The second kappa shape index (κ2) is 10.2. The summed E-state index contributed by atoms with van der Waals surface area (Å²) in [5.74, 6) is 1.86. The fraction of sp³-hybridized carbons (Fsp3) is 0.333. The molecule has 0 bridgehead atoms.